The van der Waals surface area contributed by atoms with Crippen molar-refractivity contribution in [1.82, 2.24) is 20.9 Å². The molecule has 3 aliphatic heterocycles. The predicted octanol–water partition coefficient (Wildman–Crippen LogP) is 3.69. The molecule has 1 saturated carbocycles. The number of hydrogen-bond acceptors (Lipinski definition) is 5. The van der Waals surface area contributed by atoms with Gasteiger partial charge in [0.05, 0.1) is 18.2 Å². The SMILES string of the molecule is FC1C(NCC2CCSCC2)NCNC1N1CCC[C@@H]1C1CCC(C(F)(F)F)CC1. The average molecular weight is 453 g/mol. The first-order valence-electron chi connectivity index (χ1n) is 11.7. The van der Waals surface area contributed by atoms with E-state index in [4.69, 9.17) is 0 Å². The number of hydrogen-bond donors (Lipinski definition) is 3. The van der Waals surface area contributed by atoms with Crippen molar-refractivity contribution < 1.29 is 17.6 Å². The minimum absolute atomic E-state index is 0.198. The molecule has 1 aliphatic carbocycles. The first-order valence-corrected chi connectivity index (χ1v) is 12.8. The lowest BCUT2D eigenvalue weighted by Crippen LogP contribution is -2.69. The number of nitrogens with zero attached hydrogens (tertiary/aromatic N) is 1. The fourth-order valence-electron chi connectivity index (χ4n) is 5.91. The molecule has 4 rings (SSSR count). The second kappa shape index (κ2) is 10.2. The number of rotatable bonds is 5. The van der Waals surface area contributed by atoms with Crippen molar-refractivity contribution in [2.24, 2.45) is 17.8 Å². The van der Waals surface area contributed by atoms with E-state index in [9.17, 15) is 13.2 Å². The van der Waals surface area contributed by atoms with Crippen LogP contribution in [0, 0.1) is 17.8 Å². The Morgan fingerprint density at radius 3 is 2.40 bits per heavy atom. The van der Waals surface area contributed by atoms with Gasteiger partial charge in [-0.1, -0.05) is 0 Å². The van der Waals surface area contributed by atoms with Gasteiger partial charge >= 0.3 is 6.18 Å². The van der Waals surface area contributed by atoms with Gasteiger partial charge < -0.3 is 0 Å². The zero-order chi connectivity index (χ0) is 21.1. The third-order valence-electron chi connectivity index (χ3n) is 7.70. The van der Waals surface area contributed by atoms with Gasteiger partial charge in [0.2, 0.25) is 0 Å². The van der Waals surface area contributed by atoms with Gasteiger partial charge in [-0.05, 0) is 81.3 Å². The Bertz CT molecular complexity index is 538. The molecule has 0 amide bonds. The van der Waals surface area contributed by atoms with Crippen molar-refractivity contribution in [3.8, 4) is 0 Å². The van der Waals surface area contributed by atoms with E-state index in [1.165, 1.54) is 24.3 Å². The number of thioether (sulfide) groups is 1. The second-order valence-corrected chi connectivity index (χ2v) is 10.7. The predicted molar refractivity (Wildman–Crippen MR) is 113 cm³/mol. The quantitative estimate of drug-likeness (QED) is 0.555. The highest BCUT2D eigenvalue weighted by atomic mass is 32.2. The summed E-state index contributed by atoms with van der Waals surface area (Å²) in [6.45, 7) is 2.22. The summed E-state index contributed by atoms with van der Waals surface area (Å²) in [5, 5.41) is 9.95. The zero-order valence-corrected chi connectivity index (χ0v) is 18.4. The van der Waals surface area contributed by atoms with Crippen molar-refractivity contribution in [1.29, 1.82) is 0 Å². The van der Waals surface area contributed by atoms with Crippen LogP contribution in [0.1, 0.15) is 51.4 Å². The first kappa shape index (κ1) is 23.1. The maximum Gasteiger partial charge on any atom is 0.391 e. The molecule has 3 unspecified atom stereocenters. The molecule has 0 bridgehead atoms. The van der Waals surface area contributed by atoms with Crippen LogP contribution in [-0.2, 0) is 0 Å². The third-order valence-corrected chi connectivity index (χ3v) is 8.75. The van der Waals surface area contributed by atoms with Crippen molar-refractivity contribution in [3.05, 3.63) is 0 Å². The van der Waals surface area contributed by atoms with Gasteiger partial charge in [-0.2, -0.15) is 24.9 Å². The monoisotopic (exact) mass is 452 g/mol. The minimum Gasteiger partial charge on any atom is -0.299 e. The van der Waals surface area contributed by atoms with Gasteiger partial charge in [0.25, 0.3) is 0 Å². The van der Waals surface area contributed by atoms with Crippen molar-refractivity contribution in [2.45, 2.75) is 82.1 Å². The van der Waals surface area contributed by atoms with Crippen molar-refractivity contribution >= 4 is 11.8 Å². The maximum absolute atomic E-state index is 15.5. The molecule has 0 aromatic carbocycles. The van der Waals surface area contributed by atoms with Crippen LogP contribution in [0.25, 0.3) is 0 Å². The normalized spacial score (nSPS) is 40.0. The van der Waals surface area contributed by atoms with Crippen LogP contribution in [0.15, 0.2) is 0 Å². The molecule has 3 saturated heterocycles. The highest BCUT2D eigenvalue weighted by Crippen LogP contribution is 2.43. The molecule has 3 heterocycles. The van der Waals surface area contributed by atoms with Gasteiger partial charge in [0, 0.05) is 19.3 Å². The minimum atomic E-state index is -4.07. The fraction of sp³-hybridized carbons (Fsp3) is 1.00. The van der Waals surface area contributed by atoms with Crippen LogP contribution in [0.5, 0.6) is 0 Å². The van der Waals surface area contributed by atoms with Crippen LogP contribution < -0.4 is 16.0 Å². The molecule has 4 aliphatic rings. The zero-order valence-electron chi connectivity index (χ0n) is 17.6. The molecule has 4 fully saturated rings. The highest BCUT2D eigenvalue weighted by molar-refractivity contribution is 7.99. The van der Waals surface area contributed by atoms with E-state index in [-0.39, 0.29) is 37.1 Å². The van der Waals surface area contributed by atoms with E-state index in [2.05, 4.69) is 20.9 Å². The molecule has 0 spiro atoms. The molecule has 9 heteroatoms. The number of alkyl halides is 4. The molecule has 174 valence electrons. The second-order valence-electron chi connectivity index (χ2n) is 9.52. The Kier molecular flexibility index (Phi) is 7.87. The standard InChI is InChI=1S/C21H36F4N4S/c22-18-19(26-12-14-7-10-30-11-8-14)27-13-28-20(18)29-9-1-2-17(29)15-3-5-16(6-4-15)21(23,24)25/h14-20,26-28H,1-13H2/t15?,16?,17-,18?,19?,20?/m1/s1. The van der Waals surface area contributed by atoms with Crippen LogP contribution in [0.3, 0.4) is 0 Å². The molecular formula is C21H36F4N4S. The van der Waals surface area contributed by atoms with E-state index >= 15 is 4.39 Å². The average Bonchev–Trinajstić information content (AvgIpc) is 3.23. The summed E-state index contributed by atoms with van der Waals surface area (Å²) in [7, 11) is 0. The summed E-state index contributed by atoms with van der Waals surface area (Å²) in [5.41, 5.74) is 0. The molecule has 4 nitrogen and oxygen atoms in total. The van der Waals surface area contributed by atoms with E-state index in [1.807, 2.05) is 11.8 Å². The van der Waals surface area contributed by atoms with Crippen LogP contribution in [0.2, 0.25) is 0 Å². The third kappa shape index (κ3) is 5.45. The van der Waals surface area contributed by atoms with Gasteiger partial charge in [0.15, 0.2) is 6.17 Å². The van der Waals surface area contributed by atoms with Crippen molar-refractivity contribution in [2.75, 3.05) is 31.3 Å². The van der Waals surface area contributed by atoms with Crippen molar-refractivity contribution in [3.63, 3.8) is 0 Å². The number of halogens is 4. The Hall–Kier alpha value is -0.0900. The van der Waals surface area contributed by atoms with Crippen LogP contribution in [-0.4, -0.2) is 66.9 Å². The Labute approximate surface area is 181 Å². The summed E-state index contributed by atoms with van der Waals surface area (Å²) in [4.78, 5) is 2.23. The summed E-state index contributed by atoms with van der Waals surface area (Å²) >= 11 is 2.00. The highest BCUT2D eigenvalue weighted by Gasteiger charge is 2.46. The first-order chi connectivity index (χ1) is 14.4. The summed E-state index contributed by atoms with van der Waals surface area (Å²) < 4.78 is 54.6. The Morgan fingerprint density at radius 1 is 0.967 bits per heavy atom. The van der Waals surface area contributed by atoms with E-state index in [1.54, 1.807) is 0 Å². The number of likely N-dealkylation sites (tertiary alicyclic amines) is 1. The lowest BCUT2D eigenvalue weighted by atomic mass is 9.77. The van der Waals surface area contributed by atoms with Gasteiger partial charge in [-0.25, -0.2) is 4.39 Å². The molecule has 4 atom stereocenters. The summed E-state index contributed by atoms with van der Waals surface area (Å²) in [6.07, 6.45) is 0.130. The molecule has 0 aromatic rings. The molecule has 3 N–H and O–H groups in total. The van der Waals surface area contributed by atoms with E-state index in [0.29, 0.717) is 25.4 Å². The lowest BCUT2D eigenvalue weighted by molar-refractivity contribution is -0.185. The summed E-state index contributed by atoms with van der Waals surface area (Å²) in [6, 6.07) is 0.198. The topological polar surface area (TPSA) is 39.3 Å². The maximum atomic E-state index is 15.5. The van der Waals surface area contributed by atoms with Crippen LogP contribution >= 0.6 is 11.8 Å². The van der Waals surface area contributed by atoms with E-state index in [0.717, 1.165) is 25.9 Å². The van der Waals surface area contributed by atoms with Gasteiger partial charge in [-0.3, -0.25) is 20.9 Å². The molecule has 0 aromatic heterocycles. The van der Waals surface area contributed by atoms with E-state index < -0.39 is 18.3 Å². The molecular weight excluding hydrogens is 416 g/mol. The van der Waals surface area contributed by atoms with Gasteiger partial charge in [-0.15, -0.1) is 0 Å². The Morgan fingerprint density at radius 2 is 1.70 bits per heavy atom. The number of nitrogens with one attached hydrogen (secondary N) is 3. The Balaban J connectivity index is 1.31. The van der Waals surface area contributed by atoms with Crippen LogP contribution in [0.4, 0.5) is 17.6 Å². The van der Waals surface area contributed by atoms with Gasteiger partial charge in [0.1, 0.15) is 0 Å². The lowest BCUT2D eigenvalue weighted by Gasteiger charge is -2.45. The summed E-state index contributed by atoms with van der Waals surface area (Å²) in [5.74, 6) is 2.11. The molecule has 30 heavy (non-hydrogen) atoms. The largest absolute Gasteiger partial charge is 0.391 e. The smallest absolute Gasteiger partial charge is 0.299 e. The fourth-order valence-corrected chi connectivity index (χ4v) is 7.11. The molecule has 0 radical (unpaired) electrons.